The van der Waals surface area contributed by atoms with Gasteiger partial charge >= 0.3 is 0 Å². The van der Waals surface area contributed by atoms with Gasteiger partial charge in [-0.3, -0.25) is 4.99 Å². The Balaban J connectivity index is 1.74. The van der Waals surface area contributed by atoms with Gasteiger partial charge in [0.15, 0.2) is 0 Å². The molecule has 7 heteroatoms. The van der Waals surface area contributed by atoms with Crippen LogP contribution in [-0.2, 0) is 6.42 Å². The average molecular weight is 450 g/mol. The van der Waals surface area contributed by atoms with Crippen LogP contribution in [0.25, 0.3) is 11.3 Å². The van der Waals surface area contributed by atoms with Crippen LogP contribution in [0.15, 0.2) is 81.5 Å². The molecule has 4 aromatic rings. The molecule has 2 aromatic carbocycles. The Hall–Kier alpha value is -3.16. The van der Waals surface area contributed by atoms with Crippen LogP contribution in [0.3, 0.4) is 0 Å². The molecular formula is C24H23N3O2S2. The maximum atomic E-state index is 5.61. The molecule has 0 fully saturated rings. The lowest BCUT2D eigenvalue weighted by molar-refractivity contribution is 0.404. The highest BCUT2D eigenvalue weighted by Crippen LogP contribution is 2.33. The monoisotopic (exact) mass is 449 g/mol. The molecule has 0 amide bonds. The second-order valence-corrected chi connectivity index (χ2v) is 8.47. The molecule has 0 N–H and O–H groups in total. The second-order valence-electron chi connectivity index (χ2n) is 6.66. The molecule has 158 valence electrons. The predicted molar refractivity (Wildman–Crippen MR) is 129 cm³/mol. The predicted octanol–water partition coefficient (Wildman–Crippen LogP) is 5.32. The normalized spacial score (nSPS) is 11.9. The molecule has 0 radical (unpaired) electrons. The summed E-state index contributed by atoms with van der Waals surface area (Å²) in [5, 5.41) is 8.86. The van der Waals surface area contributed by atoms with Gasteiger partial charge in [0.25, 0.3) is 0 Å². The number of thiophene rings is 1. The van der Waals surface area contributed by atoms with Gasteiger partial charge in [0.05, 0.1) is 26.1 Å². The van der Waals surface area contributed by atoms with Gasteiger partial charge in [0, 0.05) is 22.4 Å². The van der Waals surface area contributed by atoms with Crippen molar-refractivity contribution in [1.29, 1.82) is 0 Å². The third-order valence-corrected chi connectivity index (χ3v) is 6.36. The Kier molecular flexibility index (Phi) is 6.96. The van der Waals surface area contributed by atoms with Crippen molar-refractivity contribution in [1.82, 2.24) is 4.68 Å². The van der Waals surface area contributed by atoms with E-state index in [-0.39, 0.29) is 0 Å². The fourth-order valence-corrected chi connectivity index (χ4v) is 4.56. The second kappa shape index (κ2) is 10.2. The molecule has 2 heterocycles. The summed E-state index contributed by atoms with van der Waals surface area (Å²) in [5.74, 6) is 1.52. The first-order valence-corrected chi connectivity index (χ1v) is 11.6. The molecule has 0 atom stereocenters. The van der Waals surface area contributed by atoms with Crippen LogP contribution in [0.4, 0.5) is 0 Å². The van der Waals surface area contributed by atoms with E-state index in [4.69, 9.17) is 19.6 Å². The van der Waals surface area contributed by atoms with Crippen molar-refractivity contribution in [2.45, 2.75) is 6.42 Å². The Labute approximate surface area is 189 Å². The summed E-state index contributed by atoms with van der Waals surface area (Å²) < 4.78 is 12.9. The Morgan fingerprint density at radius 2 is 1.84 bits per heavy atom. The number of ether oxygens (including phenoxy) is 2. The van der Waals surface area contributed by atoms with Gasteiger partial charge in [-0.15, -0.1) is 22.7 Å². The quantitative estimate of drug-likeness (QED) is 0.342. The highest BCUT2D eigenvalue weighted by atomic mass is 32.1. The summed E-state index contributed by atoms with van der Waals surface area (Å²) >= 11 is 3.21. The lowest BCUT2D eigenvalue weighted by atomic mass is 10.1. The molecule has 0 saturated heterocycles. The molecule has 0 spiro atoms. The molecule has 0 bridgehead atoms. The number of methoxy groups -OCH3 is 2. The summed E-state index contributed by atoms with van der Waals surface area (Å²) in [6, 6.07) is 20.2. The van der Waals surface area contributed by atoms with E-state index in [0.717, 1.165) is 38.9 Å². The van der Waals surface area contributed by atoms with Crippen LogP contribution in [0.1, 0.15) is 10.4 Å². The molecule has 4 rings (SSSR count). The van der Waals surface area contributed by atoms with E-state index in [2.05, 4.69) is 29.6 Å². The number of aromatic nitrogens is 1. The molecule has 31 heavy (non-hydrogen) atoms. The zero-order valence-electron chi connectivity index (χ0n) is 17.4. The van der Waals surface area contributed by atoms with Gasteiger partial charge < -0.3 is 9.47 Å². The van der Waals surface area contributed by atoms with Crippen LogP contribution in [0.2, 0.25) is 0 Å². The van der Waals surface area contributed by atoms with E-state index in [1.165, 1.54) is 5.56 Å². The van der Waals surface area contributed by atoms with Gasteiger partial charge in [-0.05, 0) is 41.6 Å². The van der Waals surface area contributed by atoms with E-state index < -0.39 is 0 Å². The van der Waals surface area contributed by atoms with Crippen LogP contribution in [0, 0.1) is 0 Å². The summed E-state index contributed by atoms with van der Waals surface area (Å²) in [7, 11) is 3.33. The zero-order chi connectivity index (χ0) is 21.5. The van der Waals surface area contributed by atoms with Crippen molar-refractivity contribution in [3.05, 3.63) is 86.7 Å². The summed E-state index contributed by atoms with van der Waals surface area (Å²) in [5.41, 5.74) is 3.09. The maximum absolute atomic E-state index is 5.61. The van der Waals surface area contributed by atoms with Crippen molar-refractivity contribution >= 4 is 28.9 Å². The Bertz CT molecular complexity index is 1210. The highest BCUT2D eigenvalue weighted by molar-refractivity contribution is 7.11. The minimum atomic E-state index is 0.688. The van der Waals surface area contributed by atoms with Gasteiger partial charge in [-0.25, -0.2) is 4.68 Å². The van der Waals surface area contributed by atoms with Gasteiger partial charge in [0.2, 0.25) is 4.80 Å². The zero-order valence-corrected chi connectivity index (χ0v) is 19.0. The highest BCUT2D eigenvalue weighted by Gasteiger charge is 2.14. The van der Waals surface area contributed by atoms with Crippen molar-refractivity contribution < 1.29 is 9.47 Å². The minimum Gasteiger partial charge on any atom is -0.497 e. The third kappa shape index (κ3) is 5.13. The smallest absolute Gasteiger partial charge is 0.206 e. The van der Waals surface area contributed by atoms with Crippen LogP contribution in [0.5, 0.6) is 11.5 Å². The molecule has 5 nitrogen and oxygen atoms in total. The number of thiazole rings is 1. The number of hydrogen-bond donors (Lipinski definition) is 0. The SMILES string of the molecule is COc1ccc(OC)c(-c2csc(=NCCc3ccccc3)n2N=Cc2cccs2)c1. The van der Waals surface area contributed by atoms with E-state index in [0.29, 0.717) is 6.54 Å². The van der Waals surface area contributed by atoms with Crippen LogP contribution in [-0.4, -0.2) is 31.7 Å². The number of benzene rings is 2. The maximum Gasteiger partial charge on any atom is 0.206 e. The molecule has 2 aromatic heterocycles. The molecular weight excluding hydrogens is 426 g/mol. The standard InChI is InChI=1S/C24H23N3O2S2/c1-28-19-10-11-23(29-2)21(15-19)22-17-31-24(25-13-12-18-7-4-3-5-8-18)27(22)26-16-20-9-6-14-30-20/h3-11,14-17H,12-13H2,1-2H3. The topological polar surface area (TPSA) is 48.1 Å². The van der Waals surface area contributed by atoms with Crippen LogP contribution < -0.4 is 14.3 Å². The van der Waals surface area contributed by atoms with Gasteiger partial charge in [-0.1, -0.05) is 36.4 Å². The molecule has 0 unspecified atom stereocenters. The van der Waals surface area contributed by atoms with E-state index in [1.54, 1.807) is 36.9 Å². The number of rotatable bonds is 8. The Morgan fingerprint density at radius 3 is 2.58 bits per heavy atom. The molecule has 0 aliphatic heterocycles. The van der Waals surface area contributed by atoms with Crippen LogP contribution >= 0.6 is 22.7 Å². The summed E-state index contributed by atoms with van der Waals surface area (Å²) in [6.07, 6.45) is 2.74. The fraction of sp³-hybridized carbons (Fsp3) is 0.167. The third-order valence-electron chi connectivity index (χ3n) is 4.70. The fourth-order valence-electron chi connectivity index (χ4n) is 3.12. The van der Waals surface area contributed by atoms with Crippen molar-refractivity contribution in [2.24, 2.45) is 10.1 Å². The molecule has 0 saturated carbocycles. The number of nitrogens with zero attached hydrogens (tertiary/aromatic N) is 3. The Morgan fingerprint density at radius 1 is 0.968 bits per heavy atom. The average Bonchev–Trinajstić information content (AvgIpc) is 3.48. The first-order chi connectivity index (χ1) is 15.3. The van der Waals surface area contributed by atoms with E-state index >= 15 is 0 Å². The first-order valence-electron chi connectivity index (χ1n) is 9.83. The molecule has 0 aliphatic rings. The first kappa shape index (κ1) is 21.1. The van der Waals surface area contributed by atoms with E-state index in [1.807, 2.05) is 52.7 Å². The van der Waals surface area contributed by atoms with Crippen molar-refractivity contribution in [3.8, 4) is 22.8 Å². The largest absolute Gasteiger partial charge is 0.497 e. The summed E-state index contributed by atoms with van der Waals surface area (Å²) in [4.78, 5) is 6.76. The minimum absolute atomic E-state index is 0.688. The van der Waals surface area contributed by atoms with E-state index in [9.17, 15) is 0 Å². The van der Waals surface area contributed by atoms with Crippen molar-refractivity contribution in [2.75, 3.05) is 20.8 Å². The van der Waals surface area contributed by atoms with Crippen molar-refractivity contribution in [3.63, 3.8) is 0 Å². The summed E-state index contributed by atoms with van der Waals surface area (Å²) in [6.45, 7) is 0.688. The lowest BCUT2D eigenvalue weighted by Crippen LogP contribution is -2.13. The lowest BCUT2D eigenvalue weighted by Gasteiger charge is -2.11. The molecule has 0 aliphatic carbocycles. The number of hydrogen-bond acceptors (Lipinski definition) is 6. The van der Waals surface area contributed by atoms with Gasteiger partial charge in [0.1, 0.15) is 11.5 Å². The van der Waals surface area contributed by atoms with Gasteiger partial charge in [-0.2, -0.15) is 5.10 Å².